The molecule has 0 unspecified atom stereocenters. The van der Waals surface area contributed by atoms with Gasteiger partial charge in [-0.05, 0) is 43.9 Å². The molecule has 1 aromatic carbocycles. The lowest BCUT2D eigenvalue weighted by Gasteiger charge is -2.21. The lowest BCUT2D eigenvalue weighted by molar-refractivity contribution is -0.575. The van der Waals surface area contributed by atoms with Gasteiger partial charge in [0.15, 0.2) is 0 Å². The number of fused-ring (bicyclic) bond motifs is 1. The van der Waals surface area contributed by atoms with E-state index in [-0.39, 0.29) is 24.5 Å². The number of H-pyrrole nitrogens is 1. The number of quaternary nitrogens is 1. The molecule has 6 rings (SSSR count). The zero-order chi connectivity index (χ0) is 33.1. The molecule has 0 bridgehead atoms. The Hall–Kier alpha value is -5.08. The Morgan fingerprint density at radius 3 is 2.83 bits per heavy atom. The molecule has 1 aliphatic carbocycles. The Labute approximate surface area is 273 Å². The maximum Gasteiger partial charge on any atom is 0.251 e. The fourth-order valence-electron chi connectivity index (χ4n) is 5.58. The van der Waals surface area contributed by atoms with Crippen LogP contribution in [0, 0.1) is 6.92 Å². The van der Waals surface area contributed by atoms with E-state index < -0.39 is 0 Å². The van der Waals surface area contributed by atoms with Gasteiger partial charge in [-0.25, -0.2) is 15.0 Å². The highest BCUT2D eigenvalue weighted by molar-refractivity contribution is 6.10. The van der Waals surface area contributed by atoms with Crippen molar-refractivity contribution in [3.8, 4) is 17.1 Å². The first kappa shape index (κ1) is 31.9. The third-order valence-electron chi connectivity index (χ3n) is 8.28. The fraction of sp³-hybridized carbons (Fsp3) is 0.394. The van der Waals surface area contributed by atoms with Crippen molar-refractivity contribution >= 4 is 45.9 Å². The minimum Gasteiger partial charge on any atom is -0.473 e. The van der Waals surface area contributed by atoms with E-state index in [1.54, 1.807) is 24.5 Å². The number of aliphatic imine (C=N–C) groups is 1. The van der Waals surface area contributed by atoms with Crippen LogP contribution in [-0.2, 0) is 4.79 Å². The van der Waals surface area contributed by atoms with Crippen LogP contribution in [0.1, 0.15) is 31.7 Å². The Morgan fingerprint density at radius 2 is 2.06 bits per heavy atom. The van der Waals surface area contributed by atoms with Gasteiger partial charge in [-0.15, -0.1) is 0 Å². The summed E-state index contributed by atoms with van der Waals surface area (Å²) in [7, 11) is 5.85. The van der Waals surface area contributed by atoms with Crippen molar-refractivity contribution in [2.75, 3.05) is 56.3 Å². The summed E-state index contributed by atoms with van der Waals surface area (Å²) in [5, 5.41) is 9.37. The smallest absolute Gasteiger partial charge is 0.251 e. The van der Waals surface area contributed by atoms with E-state index in [2.05, 4.69) is 40.5 Å². The van der Waals surface area contributed by atoms with Crippen LogP contribution < -0.4 is 31.3 Å². The van der Waals surface area contributed by atoms with E-state index >= 15 is 0 Å². The molecular weight excluding hydrogens is 596 g/mol. The molecule has 4 aromatic rings. The van der Waals surface area contributed by atoms with Gasteiger partial charge < -0.3 is 36.3 Å². The number of nitrogens with two attached hydrogens (primary N) is 2. The number of benzene rings is 1. The molecule has 1 saturated heterocycles. The zero-order valence-corrected chi connectivity index (χ0v) is 27.5. The quantitative estimate of drug-likeness (QED) is 0.114. The van der Waals surface area contributed by atoms with Crippen LogP contribution in [-0.4, -0.2) is 94.5 Å². The van der Waals surface area contributed by atoms with Gasteiger partial charge in [0.2, 0.25) is 17.7 Å². The van der Waals surface area contributed by atoms with Gasteiger partial charge in [-0.2, -0.15) is 9.98 Å². The molecule has 1 atom stereocenters. The summed E-state index contributed by atoms with van der Waals surface area (Å²) in [5.74, 6) is 1.65. The summed E-state index contributed by atoms with van der Waals surface area (Å²) in [6, 6.07) is 6.28. The largest absolute Gasteiger partial charge is 0.473 e. The number of likely N-dealkylation sites (tertiary alicyclic amines) is 1. The van der Waals surface area contributed by atoms with Crippen molar-refractivity contribution in [3.05, 3.63) is 54.1 Å². The van der Waals surface area contributed by atoms with Crippen LogP contribution >= 0.6 is 0 Å². The highest BCUT2D eigenvalue weighted by Crippen LogP contribution is 2.38. The number of hydrogen-bond acceptors (Lipinski definition) is 10. The molecule has 14 nitrogen and oxygen atoms in total. The van der Waals surface area contributed by atoms with E-state index in [0.717, 1.165) is 64.9 Å². The first-order valence-corrected chi connectivity index (χ1v) is 15.9. The topological polar surface area (TPSA) is 179 Å². The first-order valence-electron chi connectivity index (χ1n) is 15.9. The number of amidine groups is 1. The maximum atomic E-state index is 13.5. The summed E-state index contributed by atoms with van der Waals surface area (Å²) in [6.07, 6.45) is 10.2. The molecule has 14 heteroatoms. The monoisotopic (exact) mass is 639 g/mol. The standard InChI is InChI=1S/C33H42N12O2/c1-19-15-38-33(40-26(34)14-20(2)35-3)43-29(19)24-16-37-30-23(24)8-9-25(44(4)5)31(30)41-27(46)18-45-13-11-22(17-45)47-28-10-12-36-32(42-28)39-21-6-7-21/h8-10,12,14-16,21-22,35,37H,6-7,11,13,17-18H2,1-5H3,(H,41,46)(H,36,39,42)(H2,34,38,40,43)/p+1/b20-14-/t22-/m0/s1. The molecule has 7 N–H and O–H groups in total. The maximum absolute atomic E-state index is 13.5. The number of hydrogen-bond donors (Lipinski definition) is 5. The number of aromatic nitrogens is 5. The minimum atomic E-state index is -0.103. The first-order chi connectivity index (χ1) is 22.7. The summed E-state index contributed by atoms with van der Waals surface area (Å²) in [6.45, 7) is 5.54. The van der Waals surface area contributed by atoms with Gasteiger partial charge in [0.1, 0.15) is 17.6 Å². The molecule has 0 radical (unpaired) electrons. The normalized spacial score (nSPS) is 17.3. The average molecular weight is 640 g/mol. The lowest BCUT2D eigenvalue weighted by Crippen LogP contribution is -2.76. The third-order valence-corrected chi connectivity index (χ3v) is 8.28. The van der Waals surface area contributed by atoms with Crippen molar-refractivity contribution in [1.82, 2.24) is 29.8 Å². The van der Waals surface area contributed by atoms with Gasteiger partial charge in [0, 0.05) is 81.8 Å². The molecule has 4 heterocycles. The van der Waals surface area contributed by atoms with Crippen LogP contribution in [0.25, 0.3) is 22.2 Å². The van der Waals surface area contributed by atoms with E-state index in [0.29, 0.717) is 35.9 Å². The van der Waals surface area contributed by atoms with Gasteiger partial charge in [0.25, 0.3) is 5.95 Å². The number of anilines is 3. The van der Waals surface area contributed by atoms with Gasteiger partial charge in [0.05, 0.1) is 36.2 Å². The van der Waals surface area contributed by atoms with E-state index in [1.807, 2.05) is 63.5 Å². The Kier molecular flexibility index (Phi) is 9.31. The predicted octanol–water partition coefficient (Wildman–Crippen LogP) is 2.54. The van der Waals surface area contributed by atoms with Crippen LogP contribution in [0.5, 0.6) is 5.88 Å². The fourth-order valence-corrected chi connectivity index (χ4v) is 5.58. The zero-order valence-electron chi connectivity index (χ0n) is 27.5. The summed E-state index contributed by atoms with van der Waals surface area (Å²) < 4.78 is 6.16. The Balaban J connectivity index is 1.17. The highest BCUT2D eigenvalue weighted by Gasteiger charge is 2.27. The van der Waals surface area contributed by atoms with Crippen molar-refractivity contribution < 1.29 is 14.8 Å². The number of carbonyl (C=O) groups excluding carboxylic acids is 1. The molecule has 1 aliphatic heterocycles. The van der Waals surface area contributed by atoms with Crippen molar-refractivity contribution in [3.63, 3.8) is 0 Å². The Morgan fingerprint density at radius 1 is 1.23 bits per heavy atom. The molecule has 47 heavy (non-hydrogen) atoms. The predicted molar refractivity (Wildman–Crippen MR) is 184 cm³/mol. The van der Waals surface area contributed by atoms with Gasteiger partial charge in [-0.1, -0.05) is 0 Å². The van der Waals surface area contributed by atoms with Crippen molar-refractivity contribution in [1.29, 1.82) is 0 Å². The molecule has 2 fully saturated rings. The number of rotatable bonds is 12. The van der Waals surface area contributed by atoms with Crippen molar-refractivity contribution in [2.45, 2.75) is 45.3 Å². The number of amides is 1. The molecule has 2 aliphatic rings. The minimum absolute atomic E-state index is 0.0519. The second-order valence-corrected chi connectivity index (χ2v) is 12.3. The number of aryl methyl sites for hydroxylation is 1. The number of aromatic amines is 1. The molecule has 1 saturated carbocycles. The van der Waals surface area contributed by atoms with Crippen LogP contribution in [0.2, 0.25) is 0 Å². The van der Waals surface area contributed by atoms with Crippen LogP contribution in [0.15, 0.2) is 53.6 Å². The molecule has 1 amide bonds. The van der Waals surface area contributed by atoms with Crippen LogP contribution in [0.3, 0.4) is 0 Å². The number of nitrogens with one attached hydrogen (secondary N) is 3. The van der Waals surface area contributed by atoms with E-state index in [9.17, 15) is 4.79 Å². The second-order valence-electron chi connectivity index (χ2n) is 12.3. The van der Waals surface area contributed by atoms with Crippen LogP contribution in [0.4, 0.5) is 23.3 Å². The molecule has 3 aromatic heterocycles. The molecule has 0 spiro atoms. The summed E-state index contributed by atoms with van der Waals surface area (Å²) in [5.41, 5.74) is 12.0. The number of carbonyl (C=O) groups is 1. The van der Waals surface area contributed by atoms with E-state index in [4.69, 9.17) is 15.5 Å². The SMILES string of the molecule is C[NH2+]/C(C)=C\C(N)=N/c1ncc(C)c(-c2c[nH]c3c(NC(=O)CN4CC[C@H](Oc5ccnc(NC6CC6)n5)C4)c(N(C)C)ccc23)n1. The van der Waals surface area contributed by atoms with Gasteiger partial charge >= 0.3 is 0 Å². The second kappa shape index (κ2) is 13.7. The average Bonchev–Trinajstić information content (AvgIpc) is 3.57. The summed E-state index contributed by atoms with van der Waals surface area (Å²) >= 11 is 0. The third kappa shape index (κ3) is 7.67. The lowest BCUT2D eigenvalue weighted by atomic mass is 10.1. The molecular formula is C33H43N12O2+. The highest BCUT2D eigenvalue weighted by atomic mass is 16.5. The number of nitrogens with zero attached hydrogens (tertiary/aromatic N) is 7. The number of allylic oxidation sites excluding steroid dienone is 1. The Bertz CT molecular complexity index is 1830. The summed E-state index contributed by atoms with van der Waals surface area (Å²) in [4.78, 5) is 43.3. The van der Waals surface area contributed by atoms with E-state index in [1.165, 1.54) is 0 Å². The molecule has 246 valence electrons. The van der Waals surface area contributed by atoms with Gasteiger partial charge in [-0.3, -0.25) is 9.69 Å². The van der Waals surface area contributed by atoms with Crippen molar-refractivity contribution in [2.24, 2.45) is 10.7 Å². The number of ether oxygens (including phenoxy) is 1.